The number of nitrogens with zero attached hydrogens (tertiary/aromatic N) is 1. The van der Waals surface area contributed by atoms with E-state index in [0.29, 0.717) is 21.6 Å². The fraction of sp³-hybridized carbons (Fsp3) is 0.158. The van der Waals surface area contributed by atoms with Crippen molar-refractivity contribution >= 4 is 51.3 Å². The third kappa shape index (κ3) is 5.60. The summed E-state index contributed by atoms with van der Waals surface area (Å²) in [6.07, 6.45) is 2.42. The number of amides is 1. The summed E-state index contributed by atoms with van der Waals surface area (Å²) in [6.45, 7) is 0.147. The number of nitrogens with one attached hydrogen (secondary N) is 2. The normalized spacial score (nSPS) is 10.5. The molecular weight excluding hydrogens is 405 g/mol. The number of anilines is 2. The molecule has 3 rings (SSSR count). The van der Waals surface area contributed by atoms with Gasteiger partial charge in [0.15, 0.2) is 5.13 Å². The number of ether oxygens (including phenoxy) is 1. The van der Waals surface area contributed by atoms with Crippen molar-refractivity contribution in [2.75, 3.05) is 24.3 Å². The van der Waals surface area contributed by atoms with Crippen molar-refractivity contribution < 1.29 is 9.53 Å². The number of aromatic nitrogens is 1. The highest BCUT2D eigenvalue weighted by Gasteiger charge is 2.08. The van der Waals surface area contributed by atoms with E-state index in [1.165, 1.54) is 11.3 Å². The molecule has 0 aliphatic rings. The molecule has 3 aromatic rings. The van der Waals surface area contributed by atoms with E-state index in [1.807, 2.05) is 36.4 Å². The van der Waals surface area contributed by atoms with E-state index < -0.39 is 0 Å². The molecular formula is C19H17Cl2N3O2S. The van der Waals surface area contributed by atoms with Gasteiger partial charge in [-0.1, -0.05) is 29.3 Å². The number of hydrogen-bond acceptors (Lipinski definition) is 5. The summed E-state index contributed by atoms with van der Waals surface area (Å²) in [6, 6.07) is 12.9. The first kappa shape index (κ1) is 19.5. The fourth-order valence-electron chi connectivity index (χ4n) is 2.35. The van der Waals surface area contributed by atoms with Crippen molar-refractivity contribution in [3.05, 3.63) is 69.1 Å². The van der Waals surface area contributed by atoms with E-state index in [0.717, 1.165) is 21.9 Å². The fourth-order valence-corrected chi connectivity index (χ4v) is 3.54. The molecule has 140 valence electrons. The van der Waals surface area contributed by atoms with Gasteiger partial charge in [0.25, 0.3) is 0 Å². The van der Waals surface area contributed by atoms with E-state index in [-0.39, 0.29) is 12.5 Å². The number of hydrogen-bond donors (Lipinski definition) is 2. The number of carbonyl (C=O) groups is 1. The zero-order valence-electron chi connectivity index (χ0n) is 14.5. The monoisotopic (exact) mass is 421 g/mol. The Morgan fingerprint density at radius 1 is 1.15 bits per heavy atom. The molecule has 2 N–H and O–H groups in total. The molecule has 27 heavy (non-hydrogen) atoms. The Hall–Kier alpha value is -2.28. The molecule has 2 aromatic carbocycles. The first-order valence-corrected chi connectivity index (χ1v) is 9.67. The average molecular weight is 422 g/mol. The van der Waals surface area contributed by atoms with Crippen molar-refractivity contribution in [3.63, 3.8) is 0 Å². The first-order chi connectivity index (χ1) is 13.0. The highest BCUT2D eigenvalue weighted by molar-refractivity contribution is 7.15. The van der Waals surface area contributed by atoms with Crippen LogP contribution < -0.4 is 15.4 Å². The molecule has 0 atom stereocenters. The van der Waals surface area contributed by atoms with Crippen LogP contribution in [0.1, 0.15) is 10.4 Å². The highest BCUT2D eigenvalue weighted by Crippen LogP contribution is 2.26. The standard InChI is InChI=1S/C19H17Cl2N3O2S/c1-26-14-5-3-13(4-6-14)22-11-18(25)24-19-23-10-15(27-19)8-12-2-7-16(20)17(21)9-12/h2-7,9-10,22H,8,11H2,1H3,(H,23,24,25). The van der Waals surface area contributed by atoms with E-state index in [9.17, 15) is 4.79 Å². The van der Waals surface area contributed by atoms with Gasteiger partial charge in [0.1, 0.15) is 5.75 Å². The van der Waals surface area contributed by atoms with Crippen LogP contribution in [0.25, 0.3) is 0 Å². The molecule has 8 heteroatoms. The molecule has 0 bridgehead atoms. The predicted octanol–water partition coefficient (Wildman–Crippen LogP) is 5.10. The maximum atomic E-state index is 12.1. The third-order valence-corrected chi connectivity index (χ3v) is 5.36. The topological polar surface area (TPSA) is 63.2 Å². The largest absolute Gasteiger partial charge is 0.497 e. The molecule has 0 fully saturated rings. The van der Waals surface area contributed by atoms with Crippen LogP contribution in [-0.2, 0) is 11.2 Å². The second-order valence-electron chi connectivity index (χ2n) is 5.69. The summed E-state index contributed by atoms with van der Waals surface area (Å²) in [4.78, 5) is 17.4. The van der Waals surface area contributed by atoms with E-state index in [1.54, 1.807) is 19.4 Å². The molecule has 0 radical (unpaired) electrons. The Bertz CT molecular complexity index is 929. The number of carbonyl (C=O) groups excluding carboxylic acids is 1. The number of benzene rings is 2. The van der Waals surface area contributed by atoms with Crippen molar-refractivity contribution in [1.29, 1.82) is 0 Å². The van der Waals surface area contributed by atoms with Crippen molar-refractivity contribution in [2.45, 2.75) is 6.42 Å². The predicted molar refractivity (Wildman–Crippen MR) is 111 cm³/mol. The number of methoxy groups -OCH3 is 1. The van der Waals surface area contributed by atoms with Gasteiger partial charge in [-0.3, -0.25) is 4.79 Å². The van der Waals surface area contributed by atoms with Crippen LogP contribution >= 0.6 is 34.5 Å². The molecule has 1 amide bonds. The minimum Gasteiger partial charge on any atom is -0.497 e. The number of halogens is 2. The SMILES string of the molecule is COc1ccc(NCC(=O)Nc2ncc(Cc3ccc(Cl)c(Cl)c3)s2)cc1. The number of rotatable bonds is 7. The Labute approximate surface area is 171 Å². The molecule has 0 unspecified atom stereocenters. The lowest BCUT2D eigenvalue weighted by Gasteiger charge is -2.07. The maximum Gasteiger partial charge on any atom is 0.245 e. The van der Waals surface area contributed by atoms with Crippen LogP contribution in [0.4, 0.5) is 10.8 Å². The molecule has 1 heterocycles. The van der Waals surface area contributed by atoms with Crippen LogP contribution in [0.2, 0.25) is 10.0 Å². The van der Waals surface area contributed by atoms with Crippen molar-refractivity contribution in [1.82, 2.24) is 4.98 Å². The lowest BCUT2D eigenvalue weighted by molar-refractivity contribution is -0.114. The Balaban J connectivity index is 1.51. The minimum absolute atomic E-state index is 0.147. The Morgan fingerprint density at radius 3 is 2.63 bits per heavy atom. The quantitative estimate of drug-likeness (QED) is 0.556. The molecule has 0 aliphatic heterocycles. The smallest absolute Gasteiger partial charge is 0.245 e. The summed E-state index contributed by atoms with van der Waals surface area (Å²) >= 11 is 13.4. The second-order valence-corrected chi connectivity index (χ2v) is 7.62. The zero-order chi connectivity index (χ0) is 19.2. The average Bonchev–Trinajstić information content (AvgIpc) is 3.10. The highest BCUT2D eigenvalue weighted by atomic mass is 35.5. The van der Waals surface area contributed by atoms with Gasteiger partial charge >= 0.3 is 0 Å². The maximum absolute atomic E-state index is 12.1. The first-order valence-electron chi connectivity index (χ1n) is 8.10. The molecule has 0 saturated heterocycles. The van der Waals surface area contributed by atoms with Gasteiger partial charge in [-0.05, 0) is 42.0 Å². The van der Waals surface area contributed by atoms with Crippen molar-refractivity contribution in [3.8, 4) is 5.75 Å². The number of thiazole rings is 1. The van der Waals surface area contributed by atoms with Gasteiger partial charge in [0, 0.05) is 23.2 Å². The van der Waals surface area contributed by atoms with Crippen LogP contribution in [-0.4, -0.2) is 24.5 Å². The molecule has 1 aromatic heterocycles. The summed E-state index contributed by atoms with van der Waals surface area (Å²) < 4.78 is 5.10. The summed E-state index contributed by atoms with van der Waals surface area (Å²) in [5.74, 6) is 0.601. The van der Waals surface area contributed by atoms with Gasteiger partial charge in [0.05, 0.1) is 23.7 Å². The van der Waals surface area contributed by atoms with E-state index in [4.69, 9.17) is 27.9 Å². The van der Waals surface area contributed by atoms with Crippen molar-refractivity contribution in [2.24, 2.45) is 0 Å². The molecule has 0 aliphatic carbocycles. The second kappa shape index (κ2) is 9.08. The Kier molecular flexibility index (Phi) is 6.55. The molecule has 0 saturated carbocycles. The van der Waals surface area contributed by atoms with Crippen LogP contribution in [0.5, 0.6) is 5.75 Å². The zero-order valence-corrected chi connectivity index (χ0v) is 16.8. The summed E-state index contributed by atoms with van der Waals surface area (Å²) in [7, 11) is 1.61. The van der Waals surface area contributed by atoms with Gasteiger partial charge in [-0.2, -0.15) is 0 Å². The Morgan fingerprint density at radius 2 is 1.93 bits per heavy atom. The van der Waals surface area contributed by atoms with Crippen LogP contribution in [0.3, 0.4) is 0 Å². The lowest BCUT2D eigenvalue weighted by atomic mass is 10.1. The minimum atomic E-state index is -0.166. The van der Waals surface area contributed by atoms with Gasteiger partial charge in [-0.15, -0.1) is 11.3 Å². The van der Waals surface area contributed by atoms with Gasteiger partial charge < -0.3 is 15.4 Å². The van der Waals surface area contributed by atoms with E-state index >= 15 is 0 Å². The van der Waals surface area contributed by atoms with Crippen LogP contribution in [0, 0.1) is 0 Å². The summed E-state index contributed by atoms with van der Waals surface area (Å²) in [5, 5.41) is 7.47. The summed E-state index contributed by atoms with van der Waals surface area (Å²) in [5.41, 5.74) is 1.87. The third-order valence-electron chi connectivity index (χ3n) is 3.71. The van der Waals surface area contributed by atoms with E-state index in [2.05, 4.69) is 15.6 Å². The molecule has 5 nitrogen and oxygen atoms in total. The van der Waals surface area contributed by atoms with Crippen LogP contribution in [0.15, 0.2) is 48.7 Å². The molecule has 0 spiro atoms. The van der Waals surface area contributed by atoms with Gasteiger partial charge in [0.2, 0.25) is 5.91 Å². The van der Waals surface area contributed by atoms with Gasteiger partial charge in [-0.25, -0.2) is 4.98 Å². The lowest BCUT2D eigenvalue weighted by Crippen LogP contribution is -2.21.